The van der Waals surface area contributed by atoms with Crippen LogP contribution in [-0.2, 0) is 35.0 Å². The fraction of sp³-hybridized carbons (Fsp3) is 0.615. The number of ether oxygens (including phenoxy) is 4. The molecule has 0 spiro atoms. The SMILES string of the molecule is NCCOCCOCCOCCOCCNC(=O)CCCNC(=O)CCCc1c[nH]c2ccccc12. The Morgan fingerprint density at radius 3 is 2.03 bits per heavy atom. The predicted octanol–water partition coefficient (Wildman–Crippen LogP) is 1.53. The first-order chi connectivity index (χ1) is 17.7. The van der Waals surface area contributed by atoms with E-state index in [0.717, 1.165) is 18.4 Å². The van der Waals surface area contributed by atoms with Crippen molar-refractivity contribution in [2.75, 3.05) is 72.5 Å². The van der Waals surface area contributed by atoms with Crippen LogP contribution in [0.25, 0.3) is 10.9 Å². The third-order valence-electron chi connectivity index (χ3n) is 5.37. The van der Waals surface area contributed by atoms with Gasteiger partial charge in [0, 0.05) is 49.6 Å². The maximum atomic E-state index is 12.0. The Morgan fingerprint density at radius 1 is 0.750 bits per heavy atom. The van der Waals surface area contributed by atoms with Crippen molar-refractivity contribution in [3.05, 3.63) is 36.0 Å². The second kappa shape index (κ2) is 19.7. The smallest absolute Gasteiger partial charge is 0.220 e. The summed E-state index contributed by atoms with van der Waals surface area (Å²) in [6, 6.07) is 8.17. The number of hydrogen-bond donors (Lipinski definition) is 4. The van der Waals surface area contributed by atoms with Crippen molar-refractivity contribution in [1.29, 1.82) is 0 Å². The van der Waals surface area contributed by atoms with Crippen LogP contribution < -0.4 is 16.4 Å². The van der Waals surface area contributed by atoms with Gasteiger partial charge in [-0.2, -0.15) is 0 Å². The summed E-state index contributed by atoms with van der Waals surface area (Å²) >= 11 is 0. The third-order valence-corrected chi connectivity index (χ3v) is 5.37. The summed E-state index contributed by atoms with van der Waals surface area (Å²) in [7, 11) is 0. The molecule has 10 nitrogen and oxygen atoms in total. The van der Waals surface area contributed by atoms with Gasteiger partial charge < -0.3 is 40.3 Å². The van der Waals surface area contributed by atoms with Crippen molar-refractivity contribution in [2.45, 2.75) is 32.1 Å². The summed E-state index contributed by atoms with van der Waals surface area (Å²) in [6.45, 7) is 5.44. The largest absolute Gasteiger partial charge is 0.378 e. The molecule has 1 heterocycles. The van der Waals surface area contributed by atoms with Crippen LogP contribution in [0.2, 0.25) is 0 Å². The van der Waals surface area contributed by atoms with E-state index in [-0.39, 0.29) is 11.8 Å². The monoisotopic (exact) mass is 506 g/mol. The van der Waals surface area contributed by atoms with Crippen LogP contribution in [0.15, 0.2) is 30.5 Å². The highest BCUT2D eigenvalue weighted by Crippen LogP contribution is 2.19. The lowest BCUT2D eigenvalue weighted by molar-refractivity contribution is -0.123. The Bertz CT molecular complexity index is 860. The van der Waals surface area contributed by atoms with E-state index in [1.165, 1.54) is 10.9 Å². The number of rotatable bonds is 22. The second-order valence-corrected chi connectivity index (χ2v) is 8.25. The van der Waals surface area contributed by atoms with Gasteiger partial charge in [-0.25, -0.2) is 0 Å². The van der Waals surface area contributed by atoms with Gasteiger partial charge in [-0.05, 0) is 30.9 Å². The summed E-state index contributed by atoms with van der Waals surface area (Å²) in [4.78, 5) is 27.2. The summed E-state index contributed by atoms with van der Waals surface area (Å²) in [5.74, 6) is -0.0232. The number of para-hydroxylation sites is 1. The molecule has 202 valence electrons. The van der Waals surface area contributed by atoms with Gasteiger partial charge in [0.15, 0.2) is 0 Å². The summed E-state index contributed by atoms with van der Waals surface area (Å²) < 4.78 is 21.4. The minimum atomic E-state index is -0.0453. The van der Waals surface area contributed by atoms with Gasteiger partial charge in [0.25, 0.3) is 0 Å². The summed E-state index contributed by atoms with van der Waals surface area (Å²) in [5.41, 5.74) is 7.67. The number of carbonyl (C=O) groups is 2. The van der Waals surface area contributed by atoms with Gasteiger partial charge in [0.2, 0.25) is 11.8 Å². The van der Waals surface area contributed by atoms with Gasteiger partial charge in [-0.3, -0.25) is 9.59 Å². The minimum absolute atomic E-state index is 0.0222. The Labute approximate surface area is 213 Å². The number of nitrogens with one attached hydrogen (secondary N) is 3. The van der Waals surface area contributed by atoms with Crippen molar-refractivity contribution in [3.63, 3.8) is 0 Å². The van der Waals surface area contributed by atoms with Crippen molar-refractivity contribution >= 4 is 22.7 Å². The number of nitrogens with two attached hydrogens (primary N) is 1. The number of H-pyrrole nitrogens is 1. The zero-order chi connectivity index (χ0) is 25.7. The lowest BCUT2D eigenvalue weighted by Crippen LogP contribution is -2.29. The molecule has 0 bridgehead atoms. The van der Waals surface area contributed by atoms with Gasteiger partial charge in [0.1, 0.15) is 0 Å². The number of aromatic amines is 1. The molecular weight excluding hydrogens is 464 g/mol. The van der Waals surface area contributed by atoms with Crippen LogP contribution in [0.1, 0.15) is 31.2 Å². The molecular formula is C26H42N4O6. The topological polar surface area (TPSA) is 137 Å². The van der Waals surface area contributed by atoms with Crippen LogP contribution in [0, 0.1) is 0 Å². The highest BCUT2D eigenvalue weighted by molar-refractivity contribution is 5.83. The Morgan fingerprint density at radius 2 is 1.33 bits per heavy atom. The van der Waals surface area contributed by atoms with Gasteiger partial charge in [-0.1, -0.05) is 18.2 Å². The molecule has 0 aliphatic carbocycles. The highest BCUT2D eigenvalue weighted by atomic mass is 16.6. The van der Waals surface area contributed by atoms with Gasteiger partial charge in [-0.15, -0.1) is 0 Å². The van der Waals surface area contributed by atoms with Crippen molar-refractivity contribution in [3.8, 4) is 0 Å². The van der Waals surface area contributed by atoms with E-state index in [1.54, 1.807) is 0 Å². The molecule has 2 rings (SSSR count). The number of amides is 2. The van der Waals surface area contributed by atoms with Crippen molar-refractivity contribution in [1.82, 2.24) is 15.6 Å². The van der Waals surface area contributed by atoms with Crippen LogP contribution in [0.5, 0.6) is 0 Å². The molecule has 0 radical (unpaired) electrons. The van der Waals surface area contributed by atoms with Crippen LogP contribution in [-0.4, -0.2) is 89.3 Å². The Kier molecular flexibility index (Phi) is 16.2. The van der Waals surface area contributed by atoms with Crippen LogP contribution >= 0.6 is 0 Å². The van der Waals surface area contributed by atoms with Gasteiger partial charge >= 0.3 is 0 Å². The lowest BCUT2D eigenvalue weighted by atomic mass is 10.1. The first-order valence-corrected chi connectivity index (χ1v) is 12.8. The molecule has 10 heteroatoms. The van der Waals surface area contributed by atoms with E-state index in [9.17, 15) is 9.59 Å². The molecule has 1 aromatic heterocycles. The van der Waals surface area contributed by atoms with Crippen LogP contribution in [0.4, 0.5) is 0 Å². The zero-order valence-corrected chi connectivity index (χ0v) is 21.2. The van der Waals surface area contributed by atoms with Crippen LogP contribution in [0.3, 0.4) is 0 Å². The fourth-order valence-corrected chi connectivity index (χ4v) is 3.54. The Hall–Kier alpha value is -2.50. The quantitative estimate of drug-likeness (QED) is 0.178. The molecule has 1 aromatic carbocycles. The van der Waals surface area contributed by atoms with E-state index in [4.69, 9.17) is 24.7 Å². The number of aromatic nitrogens is 1. The highest BCUT2D eigenvalue weighted by Gasteiger charge is 2.06. The number of aryl methyl sites for hydroxylation is 1. The van der Waals surface area contributed by atoms with E-state index in [0.29, 0.717) is 91.8 Å². The maximum absolute atomic E-state index is 12.0. The molecule has 0 fully saturated rings. The number of fused-ring (bicyclic) bond motifs is 1. The van der Waals surface area contributed by atoms with Gasteiger partial charge in [0.05, 0.1) is 52.9 Å². The molecule has 0 aliphatic heterocycles. The van der Waals surface area contributed by atoms with E-state index < -0.39 is 0 Å². The number of hydrogen-bond acceptors (Lipinski definition) is 7. The predicted molar refractivity (Wildman–Crippen MR) is 139 cm³/mol. The molecule has 2 aromatic rings. The van der Waals surface area contributed by atoms with Crippen molar-refractivity contribution < 1.29 is 28.5 Å². The zero-order valence-electron chi connectivity index (χ0n) is 21.2. The maximum Gasteiger partial charge on any atom is 0.220 e. The summed E-state index contributed by atoms with van der Waals surface area (Å²) in [5, 5.41) is 6.92. The molecule has 0 unspecified atom stereocenters. The standard InChI is InChI=1S/C26H42N4O6/c27-10-13-33-15-17-35-19-20-36-18-16-34-14-12-29-26(32)9-4-11-28-25(31)8-3-5-22-21-30-24-7-2-1-6-23(22)24/h1-2,6-7,21,30H,3-5,8-20,27H2,(H,28,31)(H,29,32). The molecule has 0 aliphatic rings. The molecule has 36 heavy (non-hydrogen) atoms. The normalized spacial score (nSPS) is 11.1. The summed E-state index contributed by atoms with van der Waals surface area (Å²) in [6.07, 6.45) is 5.11. The fourth-order valence-electron chi connectivity index (χ4n) is 3.54. The average Bonchev–Trinajstić information content (AvgIpc) is 3.30. The van der Waals surface area contributed by atoms with E-state index in [2.05, 4.69) is 21.7 Å². The molecule has 0 atom stereocenters. The molecule has 5 N–H and O–H groups in total. The first kappa shape index (κ1) is 29.7. The van der Waals surface area contributed by atoms with E-state index in [1.807, 2.05) is 24.4 Å². The molecule has 0 saturated heterocycles. The van der Waals surface area contributed by atoms with E-state index >= 15 is 0 Å². The average molecular weight is 507 g/mol. The second-order valence-electron chi connectivity index (χ2n) is 8.25. The third kappa shape index (κ3) is 13.6. The molecule has 0 saturated carbocycles. The minimum Gasteiger partial charge on any atom is -0.378 e. The number of carbonyl (C=O) groups excluding carboxylic acids is 2. The molecule has 2 amide bonds. The lowest BCUT2D eigenvalue weighted by Gasteiger charge is -2.08. The first-order valence-electron chi connectivity index (χ1n) is 12.8. The Balaban J connectivity index is 1.33. The number of benzene rings is 1. The van der Waals surface area contributed by atoms with Crippen molar-refractivity contribution in [2.24, 2.45) is 5.73 Å².